The largest absolute Gasteiger partial charge is 0.494 e. The van der Waals surface area contributed by atoms with Gasteiger partial charge in [-0.2, -0.15) is 0 Å². The third-order valence-electron chi connectivity index (χ3n) is 6.10. The molecule has 1 saturated heterocycles. The van der Waals surface area contributed by atoms with E-state index >= 15 is 0 Å². The van der Waals surface area contributed by atoms with E-state index < -0.39 is 8.07 Å². The molecule has 0 radical (unpaired) electrons. The zero-order valence-corrected chi connectivity index (χ0v) is 14.8. The Hall–Kier alpha value is -1.20. The van der Waals surface area contributed by atoms with Crippen LogP contribution in [0.2, 0.25) is 18.1 Å². The lowest BCUT2D eigenvalue weighted by atomic mass is 9.94. The molecule has 4 nitrogen and oxygen atoms in total. The SMILES string of the molecule is C=CCn1c(O)c2c(c1O)C([Si](CC)(CC)CC)C1OC1C2. The van der Waals surface area contributed by atoms with Gasteiger partial charge in [0.25, 0.3) is 0 Å². The first-order valence-corrected chi connectivity index (χ1v) is 11.1. The monoisotopic (exact) mass is 321 g/mol. The van der Waals surface area contributed by atoms with Crippen LogP contribution in [0.5, 0.6) is 11.8 Å². The average molecular weight is 321 g/mol. The second-order valence-electron chi connectivity index (χ2n) is 6.68. The van der Waals surface area contributed by atoms with Gasteiger partial charge in [0.1, 0.15) is 0 Å². The molecule has 22 heavy (non-hydrogen) atoms. The molecule has 1 aromatic heterocycles. The summed E-state index contributed by atoms with van der Waals surface area (Å²) in [4.78, 5) is 0. The van der Waals surface area contributed by atoms with Gasteiger partial charge in [0.15, 0.2) is 11.8 Å². The van der Waals surface area contributed by atoms with Crippen molar-refractivity contribution in [3.63, 3.8) is 0 Å². The van der Waals surface area contributed by atoms with Crippen LogP contribution < -0.4 is 0 Å². The smallest absolute Gasteiger partial charge is 0.197 e. The van der Waals surface area contributed by atoms with Gasteiger partial charge in [-0.05, 0) is 0 Å². The minimum Gasteiger partial charge on any atom is -0.494 e. The number of nitrogens with zero attached hydrogens (tertiary/aromatic N) is 1. The zero-order chi connectivity index (χ0) is 16.1. The van der Waals surface area contributed by atoms with Gasteiger partial charge < -0.3 is 14.9 Å². The molecule has 1 aliphatic carbocycles. The third kappa shape index (κ3) is 1.98. The number of aromatic nitrogens is 1. The Balaban J connectivity index is 2.16. The highest BCUT2D eigenvalue weighted by Crippen LogP contribution is 2.56. The number of hydrogen-bond acceptors (Lipinski definition) is 3. The first kappa shape index (κ1) is 15.7. The normalized spacial score (nSPS) is 26.4. The number of fused-ring (bicyclic) bond motifs is 2. The quantitative estimate of drug-likeness (QED) is 0.479. The lowest BCUT2D eigenvalue weighted by Crippen LogP contribution is -2.44. The van der Waals surface area contributed by atoms with Gasteiger partial charge in [0.2, 0.25) is 0 Å². The molecule has 0 spiro atoms. The van der Waals surface area contributed by atoms with Crippen LogP contribution in [-0.4, -0.2) is 35.1 Å². The van der Waals surface area contributed by atoms with Gasteiger partial charge in [-0.15, -0.1) is 6.58 Å². The van der Waals surface area contributed by atoms with Crippen LogP contribution in [0.15, 0.2) is 12.7 Å². The molecule has 0 saturated carbocycles. The average Bonchev–Trinajstić information content (AvgIpc) is 3.27. The number of allylic oxidation sites excluding steroid dienone is 1. The van der Waals surface area contributed by atoms with Gasteiger partial charge in [-0.3, -0.25) is 4.57 Å². The highest BCUT2D eigenvalue weighted by atomic mass is 28.3. The maximum absolute atomic E-state index is 10.8. The fourth-order valence-electron chi connectivity index (χ4n) is 4.54. The van der Waals surface area contributed by atoms with E-state index in [4.69, 9.17) is 4.74 Å². The predicted molar refractivity (Wildman–Crippen MR) is 90.3 cm³/mol. The Morgan fingerprint density at radius 2 is 1.86 bits per heavy atom. The summed E-state index contributed by atoms with van der Waals surface area (Å²) in [7, 11) is -1.59. The maximum Gasteiger partial charge on any atom is 0.197 e. The Kier molecular flexibility index (Phi) is 3.89. The molecule has 0 aromatic carbocycles. The maximum atomic E-state index is 10.8. The third-order valence-corrected chi connectivity index (χ3v) is 12.3. The molecule has 0 bridgehead atoms. The Morgan fingerprint density at radius 1 is 1.23 bits per heavy atom. The van der Waals surface area contributed by atoms with Crippen LogP contribution >= 0.6 is 0 Å². The van der Waals surface area contributed by atoms with Gasteiger partial charge in [-0.25, -0.2) is 0 Å². The molecule has 3 atom stereocenters. The molecule has 2 aliphatic rings. The molecule has 122 valence electrons. The number of ether oxygens (including phenoxy) is 1. The summed E-state index contributed by atoms with van der Waals surface area (Å²) in [5.74, 6) is 0.441. The van der Waals surface area contributed by atoms with E-state index in [1.807, 2.05) is 0 Å². The summed E-state index contributed by atoms with van der Waals surface area (Å²) >= 11 is 0. The topological polar surface area (TPSA) is 57.9 Å². The molecule has 3 rings (SSSR count). The second kappa shape index (κ2) is 5.46. The number of hydrogen-bond donors (Lipinski definition) is 2. The van der Waals surface area contributed by atoms with Crippen LogP contribution in [0.3, 0.4) is 0 Å². The molecule has 2 heterocycles. The van der Waals surface area contributed by atoms with Crippen molar-refractivity contribution in [2.45, 2.75) is 69.6 Å². The molecule has 1 aliphatic heterocycles. The molecule has 1 aromatic rings. The first-order chi connectivity index (χ1) is 10.5. The van der Waals surface area contributed by atoms with E-state index in [-0.39, 0.29) is 24.0 Å². The molecule has 0 amide bonds. The fraction of sp³-hybridized carbons (Fsp3) is 0.647. The summed E-state index contributed by atoms with van der Waals surface area (Å²) in [6, 6.07) is 3.55. The van der Waals surface area contributed by atoms with E-state index in [0.29, 0.717) is 12.1 Å². The number of aromatic hydroxyl groups is 2. The van der Waals surface area contributed by atoms with Crippen molar-refractivity contribution in [1.29, 1.82) is 0 Å². The summed E-state index contributed by atoms with van der Waals surface area (Å²) in [6.45, 7) is 11.0. The van der Waals surface area contributed by atoms with Crippen LogP contribution in [0.4, 0.5) is 0 Å². The summed E-state index contributed by atoms with van der Waals surface area (Å²) in [5.41, 5.74) is 2.20. The molecule has 3 unspecified atom stereocenters. The van der Waals surface area contributed by atoms with Crippen LogP contribution in [0, 0.1) is 0 Å². The van der Waals surface area contributed by atoms with Gasteiger partial charge in [0, 0.05) is 29.6 Å². The van der Waals surface area contributed by atoms with Gasteiger partial charge in [0.05, 0.1) is 20.3 Å². The number of epoxide rings is 1. The van der Waals surface area contributed by atoms with Crippen LogP contribution in [-0.2, 0) is 17.7 Å². The second-order valence-corrected chi connectivity index (χ2v) is 12.2. The molecule has 1 fully saturated rings. The van der Waals surface area contributed by atoms with Crippen molar-refractivity contribution in [3.8, 4) is 11.8 Å². The van der Waals surface area contributed by atoms with E-state index in [1.165, 1.54) is 18.1 Å². The van der Waals surface area contributed by atoms with Crippen molar-refractivity contribution >= 4 is 8.07 Å². The molecule has 5 heteroatoms. The Labute approximate surface area is 133 Å². The lowest BCUT2D eigenvalue weighted by Gasteiger charge is -2.38. The standard InChI is InChI=1S/C17H27NO3Si/c1-5-9-18-16(19)11-10-12-14(21-12)15(13(11)17(18)20)22(6-2,7-3)8-4/h5,12,14-15,19-20H,1,6-10H2,2-4H3. The van der Waals surface area contributed by atoms with Crippen molar-refractivity contribution in [2.24, 2.45) is 0 Å². The Morgan fingerprint density at radius 3 is 2.41 bits per heavy atom. The zero-order valence-electron chi connectivity index (χ0n) is 13.8. The van der Waals surface area contributed by atoms with Crippen molar-refractivity contribution < 1.29 is 14.9 Å². The van der Waals surface area contributed by atoms with E-state index in [0.717, 1.165) is 17.5 Å². The lowest BCUT2D eigenvalue weighted by molar-refractivity contribution is 0.353. The van der Waals surface area contributed by atoms with Crippen molar-refractivity contribution in [2.75, 3.05) is 0 Å². The molecular weight excluding hydrogens is 294 g/mol. The van der Waals surface area contributed by atoms with E-state index in [1.54, 1.807) is 10.6 Å². The summed E-state index contributed by atoms with van der Waals surface area (Å²) in [6.07, 6.45) is 2.92. The van der Waals surface area contributed by atoms with Gasteiger partial charge >= 0.3 is 0 Å². The van der Waals surface area contributed by atoms with E-state index in [2.05, 4.69) is 27.4 Å². The predicted octanol–water partition coefficient (Wildman–Crippen LogP) is 3.54. The van der Waals surface area contributed by atoms with Crippen molar-refractivity contribution in [1.82, 2.24) is 4.57 Å². The highest BCUT2D eigenvalue weighted by Gasteiger charge is 2.58. The highest BCUT2D eigenvalue weighted by molar-refractivity contribution is 6.81. The summed E-state index contributed by atoms with van der Waals surface area (Å²) < 4.78 is 7.53. The minimum atomic E-state index is -1.59. The van der Waals surface area contributed by atoms with Crippen molar-refractivity contribution in [3.05, 3.63) is 23.8 Å². The van der Waals surface area contributed by atoms with E-state index in [9.17, 15) is 10.2 Å². The minimum absolute atomic E-state index is 0.206. The first-order valence-electron chi connectivity index (χ1n) is 8.44. The summed E-state index contributed by atoms with van der Waals surface area (Å²) in [5, 5.41) is 21.3. The molecule has 2 N–H and O–H groups in total. The molecular formula is C17H27NO3Si. The number of rotatable bonds is 6. The fourth-order valence-corrected chi connectivity index (χ4v) is 9.26. The van der Waals surface area contributed by atoms with Crippen LogP contribution in [0.25, 0.3) is 0 Å². The Bertz CT molecular complexity index is 583. The van der Waals surface area contributed by atoms with Crippen LogP contribution in [0.1, 0.15) is 37.4 Å². The van der Waals surface area contributed by atoms with Gasteiger partial charge in [-0.1, -0.05) is 45.0 Å².